The molecule has 0 spiro atoms. The number of nitrogens with one attached hydrogen (secondary N) is 2. The predicted octanol–water partition coefficient (Wildman–Crippen LogP) is 2.39. The van der Waals surface area contributed by atoms with Crippen molar-refractivity contribution < 1.29 is 4.79 Å². The first-order chi connectivity index (χ1) is 9.10. The van der Waals surface area contributed by atoms with Crippen molar-refractivity contribution in [3.63, 3.8) is 0 Å². The van der Waals surface area contributed by atoms with Crippen molar-refractivity contribution in [3.8, 4) is 0 Å². The fraction of sp³-hybridized carbons (Fsp3) is 0.571. The van der Waals surface area contributed by atoms with Gasteiger partial charge in [-0.3, -0.25) is 5.10 Å². The third kappa shape index (κ3) is 3.84. The number of carbonyl (C=O) groups is 1. The molecule has 0 atom stereocenters. The quantitative estimate of drug-likeness (QED) is 0.773. The number of hydrogen-bond donors (Lipinski definition) is 2. The topological polar surface area (TPSA) is 61.0 Å². The third-order valence-corrected chi connectivity index (χ3v) is 3.21. The number of aromatic nitrogens is 2. The zero-order valence-corrected chi connectivity index (χ0v) is 11.7. The van der Waals surface area contributed by atoms with Crippen LogP contribution in [0.25, 0.3) is 0 Å². The number of amides is 2. The van der Waals surface area contributed by atoms with Crippen molar-refractivity contribution >= 4 is 6.03 Å². The Morgan fingerprint density at radius 2 is 2.37 bits per heavy atom. The number of likely N-dealkylation sites (N-methyl/N-ethyl adjacent to an activating group) is 1. The van der Waals surface area contributed by atoms with E-state index < -0.39 is 0 Å². The van der Waals surface area contributed by atoms with E-state index in [1.165, 1.54) is 12.8 Å². The monoisotopic (exact) mass is 262 g/mol. The smallest absolute Gasteiger partial charge is 0.317 e. The second-order valence-electron chi connectivity index (χ2n) is 5.22. The second kappa shape index (κ2) is 5.91. The minimum absolute atomic E-state index is 0.0620. The standard InChI is InChI=1S/C14H22N4O/c1-4-18(9-10(2)3)14(19)15-8-12-7-13(17-16-12)11-5-6-11/h7,11H,2,4-6,8-9H2,1,3H3,(H,15,19)(H,16,17). The molecule has 1 heterocycles. The van der Waals surface area contributed by atoms with E-state index in [9.17, 15) is 4.79 Å². The minimum atomic E-state index is -0.0620. The average molecular weight is 262 g/mol. The van der Waals surface area contributed by atoms with Crippen LogP contribution >= 0.6 is 0 Å². The number of nitrogens with zero attached hydrogens (tertiary/aromatic N) is 2. The molecule has 2 amide bonds. The summed E-state index contributed by atoms with van der Waals surface area (Å²) in [6.07, 6.45) is 2.47. The lowest BCUT2D eigenvalue weighted by molar-refractivity contribution is 0.204. The van der Waals surface area contributed by atoms with Gasteiger partial charge in [-0.2, -0.15) is 5.10 Å². The summed E-state index contributed by atoms with van der Waals surface area (Å²) in [6, 6.07) is 1.99. The number of carbonyl (C=O) groups excluding carboxylic acids is 1. The lowest BCUT2D eigenvalue weighted by Gasteiger charge is -2.21. The maximum atomic E-state index is 12.0. The molecule has 19 heavy (non-hydrogen) atoms. The van der Waals surface area contributed by atoms with Crippen molar-refractivity contribution in [2.75, 3.05) is 13.1 Å². The van der Waals surface area contributed by atoms with Crippen LogP contribution in [-0.4, -0.2) is 34.2 Å². The van der Waals surface area contributed by atoms with Gasteiger partial charge in [-0.15, -0.1) is 0 Å². The summed E-state index contributed by atoms with van der Waals surface area (Å²) in [5.74, 6) is 0.635. The summed E-state index contributed by atoms with van der Waals surface area (Å²) < 4.78 is 0. The van der Waals surface area contributed by atoms with E-state index in [0.717, 1.165) is 17.0 Å². The molecule has 5 nitrogen and oxygen atoms in total. The molecule has 5 heteroatoms. The van der Waals surface area contributed by atoms with E-state index in [1.54, 1.807) is 4.90 Å². The van der Waals surface area contributed by atoms with E-state index in [4.69, 9.17) is 0 Å². The Kier molecular flexibility index (Phi) is 4.24. The molecule has 0 saturated heterocycles. The molecule has 1 aromatic rings. The van der Waals surface area contributed by atoms with Gasteiger partial charge < -0.3 is 10.2 Å². The van der Waals surface area contributed by atoms with E-state index in [-0.39, 0.29) is 6.03 Å². The van der Waals surface area contributed by atoms with Crippen LogP contribution in [0.3, 0.4) is 0 Å². The van der Waals surface area contributed by atoms with E-state index >= 15 is 0 Å². The Hall–Kier alpha value is -1.78. The second-order valence-corrected chi connectivity index (χ2v) is 5.22. The molecule has 0 unspecified atom stereocenters. The Labute approximate surface area is 114 Å². The number of H-pyrrole nitrogens is 1. The van der Waals surface area contributed by atoms with Crippen LogP contribution in [0.2, 0.25) is 0 Å². The van der Waals surface area contributed by atoms with E-state index in [2.05, 4.69) is 22.1 Å². The Balaban J connectivity index is 1.82. The van der Waals surface area contributed by atoms with Crippen molar-refractivity contribution in [2.45, 2.75) is 39.2 Å². The van der Waals surface area contributed by atoms with Gasteiger partial charge in [-0.25, -0.2) is 4.79 Å². The van der Waals surface area contributed by atoms with Gasteiger partial charge >= 0.3 is 6.03 Å². The Morgan fingerprint density at radius 1 is 1.63 bits per heavy atom. The molecule has 1 aliphatic carbocycles. The summed E-state index contributed by atoms with van der Waals surface area (Å²) in [6.45, 7) is 9.48. The fourth-order valence-electron chi connectivity index (χ4n) is 1.99. The van der Waals surface area contributed by atoms with Crippen LogP contribution < -0.4 is 5.32 Å². The van der Waals surface area contributed by atoms with Crippen molar-refractivity contribution in [1.29, 1.82) is 0 Å². The molecule has 0 bridgehead atoms. The molecule has 2 rings (SSSR count). The maximum Gasteiger partial charge on any atom is 0.317 e. The lowest BCUT2D eigenvalue weighted by atomic mass is 10.2. The van der Waals surface area contributed by atoms with Crippen LogP contribution in [0.4, 0.5) is 4.79 Å². The van der Waals surface area contributed by atoms with Crippen LogP contribution in [0.15, 0.2) is 18.2 Å². The van der Waals surface area contributed by atoms with Gasteiger partial charge in [0.05, 0.1) is 17.9 Å². The van der Waals surface area contributed by atoms with Gasteiger partial charge in [-0.05, 0) is 32.8 Å². The lowest BCUT2D eigenvalue weighted by Crippen LogP contribution is -2.40. The molecule has 0 aliphatic heterocycles. The minimum Gasteiger partial charge on any atom is -0.332 e. The first-order valence-electron chi connectivity index (χ1n) is 6.81. The van der Waals surface area contributed by atoms with Gasteiger partial charge in [0.1, 0.15) is 0 Å². The molecule has 1 saturated carbocycles. The highest BCUT2D eigenvalue weighted by Gasteiger charge is 2.26. The summed E-state index contributed by atoms with van der Waals surface area (Å²) >= 11 is 0. The van der Waals surface area contributed by atoms with Gasteiger partial charge in [0.25, 0.3) is 0 Å². The number of rotatable bonds is 6. The number of urea groups is 1. The summed E-state index contributed by atoms with van der Waals surface area (Å²) in [5.41, 5.74) is 3.06. The third-order valence-electron chi connectivity index (χ3n) is 3.21. The first-order valence-corrected chi connectivity index (χ1v) is 6.81. The zero-order valence-electron chi connectivity index (χ0n) is 11.7. The van der Waals surface area contributed by atoms with Crippen LogP contribution in [-0.2, 0) is 6.54 Å². The average Bonchev–Trinajstić information content (AvgIpc) is 3.12. The normalized spacial score (nSPS) is 14.2. The van der Waals surface area contributed by atoms with Gasteiger partial charge in [0, 0.05) is 19.0 Å². The Bertz CT molecular complexity index is 462. The van der Waals surface area contributed by atoms with Crippen molar-refractivity contribution in [3.05, 3.63) is 29.6 Å². The summed E-state index contributed by atoms with van der Waals surface area (Å²) in [4.78, 5) is 13.7. The van der Waals surface area contributed by atoms with Crippen LogP contribution in [0.5, 0.6) is 0 Å². The zero-order chi connectivity index (χ0) is 13.8. The molecule has 104 valence electrons. The summed E-state index contributed by atoms with van der Waals surface area (Å²) in [7, 11) is 0. The van der Waals surface area contributed by atoms with E-state index in [1.807, 2.05) is 19.9 Å². The maximum absolute atomic E-state index is 12.0. The highest BCUT2D eigenvalue weighted by molar-refractivity contribution is 5.74. The largest absolute Gasteiger partial charge is 0.332 e. The molecule has 2 N–H and O–H groups in total. The molecular formula is C14H22N4O. The number of aromatic amines is 1. The molecular weight excluding hydrogens is 240 g/mol. The van der Waals surface area contributed by atoms with Gasteiger partial charge in [0.2, 0.25) is 0 Å². The first kappa shape index (κ1) is 13.6. The van der Waals surface area contributed by atoms with Crippen molar-refractivity contribution in [1.82, 2.24) is 20.4 Å². The van der Waals surface area contributed by atoms with Gasteiger partial charge in [-0.1, -0.05) is 12.2 Å². The van der Waals surface area contributed by atoms with Gasteiger partial charge in [0.15, 0.2) is 0 Å². The van der Waals surface area contributed by atoms with Crippen LogP contribution in [0.1, 0.15) is 44.0 Å². The van der Waals surface area contributed by atoms with Crippen LogP contribution in [0, 0.1) is 0 Å². The number of hydrogen-bond acceptors (Lipinski definition) is 2. The highest BCUT2D eigenvalue weighted by Crippen LogP contribution is 2.38. The fourth-order valence-corrected chi connectivity index (χ4v) is 1.99. The summed E-state index contributed by atoms with van der Waals surface area (Å²) in [5, 5.41) is 10.1. The molecule has 1 aliphatic rings. The highest BCUT2D eigenvalue weighted by atomic mass is 16.2. The van der Waals surface area contributed by atoms with Crippen molar-refractivity contribution in [2.24, 2.45) is 0 Å². The molecule has 0 aromatic carbocycles. The molecule has 1 aromatic heterocycles. The molecule has 1 fully saturated rings. The van der Waals surface area contributed by atoms with E-state index in [0.29, 0.717) is 25.6 Å². The Morgan fingerprint density at radius 3 is 2.95 bits per heavy atom. The molecule has 0 radical (unpaired) electrons. The predicted molar refractivity (Wildman–Crippen MR) is 74.9 cm³/mol. The SMILES string of the molecule is C=C(C)CN(CC)C(=O)NCc1cc(C2CC2)n[nH]1.